The van der Waals surface area contributed by atoms with Crippen LogP contribution in [0.25, 0.3) is 0 Å². The van der Waals surface area contributed by atoms with Crippen molar-refractivity contribution in [2.75, 3.05) is 20.3 Å². The third kappa shape index (κ3) is 4.48. The number of hydrogen-bond donors (Lipinski definition) is 2. The van der Waals surface area contributed by atoms with E-state index in [4.69, 9.17) is 4.74 Å². The minimum absolute atomic E-state index is 0.264. The number of imide groups is 1. The topological polar surface area (TPSA) is 105 Å². The third-order valence-electron chi connectivity index (χ3n) is 4.85. The molecule has 3 rings (SSSR count). The molecule has 31 heavy (non-hydrogen) atoms. The zero-order valence-electron chi connectivity index (χ0n) is 16.7. The van der Waals surface area contributed by atoms with Gasteiger partial charge in [0.15, 0.2) is 0 Å². The molecule has 3 amide bonds. The number of carbonyl (C=O) groups is 3. The molecule has 0 bridgehead atoms. The Morgan fingerprint density at radius 3 is 2.52 bits per heavy atom. The fourth-order valence-electron chi connectivity index (χ4n) is 3.19. The van der Waals surface area contributed by atoms with Gasteiger partial charge in [0.2, 0.25) is 0 Å². The van der Waals surface area contributed by atoms with Gasteiger partial charge in [-0.2, -0.15) is 0 Å². The summed E-state index contributed by atoms with van der Waals surface area (Å²) >= 11 is 0. The van der Waals surface area contributed by atoms with Crippen molar-refractivity contribution < 1.29 is 37.7 Å². The number of esters is 1. The summed E-state index contributed by atoms with van der Waals surface area (Å²) in [5.74, 6) is -2.61. The Morgan fingerprint density at radius 1 is 1.19 bits per heavy atom. The Morgan fingerprint density at radius 2 is 1.87 bits per heavy atom. The van der Waals surface area contributed by atoms with Gasteiger partial charge in [-0.05, 0) is 49.4 Å². The molecule has 2 atom stereocenters. The minimum atomic E-state index is -1.81. The molecule has 1 heterocycles. The van der Waals surface area contributed by atoms with Crippen molar-refractivity contribution >= 4 is 17.9 Å². The average molecular weight is 434 g/mol. The van der Waals surface area contributed by atoms with Crippen LogP contribution in [-0.4, -0.2) is 54.3 Å². The van der Waals surface area contributed by atoms with Crippen molar-refractivity contribution in [1.29, 1.82) is 0 Å². The highest BCUT2D eigenvalue weighted by Gasteiger charge is 2.50. The molecule has 2 aromatic rings. The van der Waals surface area contributed by atoms with Crippen LogP contribution in [0.1, 0.15) is 22.8 Å². The zero-order valence-corrected chi connectivity index (χ0v) is 16.7. The third-order valence-corrected chi connectivity index (χ3v) is 4.85. The molecule has 2 aromatic carbocycles. The van der Waals surface area contributed by atoms with E-state index >= 15 is 0 Å². The molecule has 0 aliphatic carbocycles. The van der Waals surface area contributed by atoms with Gasteiger partial charge in [-0.1, -0.05) is 0 Å². The Hall–Kier alpha value is -3.53. The normalized spacial score (nSPS) is 19.2. The van der Waals surface area contributed by atoms with Crippen LogP contribution in [0.3, 0.4) is 0 Å². The van der Waals surface area contributed by atoms with Crippen molar-refractivity contribution in [3.05, 3.63) is 65.2 Å². The number of carbonyl (C=O) groups excluding carboxylic acids is 3. The molecule has 0 unspecified atom stereocenters. The summed E-state index contributed by atoms with van der Waals surface area (Å²) in [6, 6.07) is 7.71. The van der Waals surface area contributed by atoms with E-state index in [1.54, 1.807) is 0 Å². The van der Waals surface area contributed by atoms with E-state index in [-0.39, 0.29) is 12.2 Å². The Kier molecular flexibility index (Phi) is 6.21. The van der Waals surface area contributed by atoms with Gasteiger partial charge >= 0.3 is 12.0 Å². The number of nitrogens with one attached hydrogen (secondary N) is 1. The molecular weight excluding hydrogens is 414 g/mol. The standard InChI is InChI=1S/C21H20F2N2O6/c1-21(16-9-13(22)5-8-17(16)23)19(28)25(20(29)24-21)10-14(26)11-31-15-6-3-12(4-7-15)18(27)30-2/h3-9,14,26H,10-11H2,1-2H3,(H,24,29)/t14-,21-/m0/s1. The SMILES string of the molecule is COC(=O)c1ccc(OC[C@@H](O)CN2C(=O)N[C@@](C)(c3cc(F)ccc3F)C2=O)cc1. The van der Waals surface area contributed by atoms with Crippen LogP contribution in [0.2, 0.25) is 0 Å². The molecule has 0 spiro atoms. The van der Waals surface area contributed by atoms with Crippen molar-refractivity contribution in [2.45, 2.75) is 18.6 Å². The number of hydrogen-bond acceptors (Lipinski definition) is 6. The molecule has 1 saturated heterocycles. The fraction of sp³-hybridized carbons (Fsp3) is 0.286. The van der Waals surface area contributed by atoms with Crippen molar-refractivity contribution in [3.8, 4) is 5.75 Å². The predicted octanol–water partition coefficient (Wildman–Crippen LogP) is 1.96. The second-order valence-corrected chi connectivity index (χ2v) is 7.08. The zero-order chi connectivity index (χ0) is 22.8. The number of benzene rings is 2. The van der Waals surface area contributed by atoms with E-state index in [1.165, 1.54) is 38.3 Å². The summed E-state index contributed by atoms with van der Waals surface area (Å²) in [7, 11) is 1.26. The van der Waals surface area contributed by atoms with E-state index < -0.39 is 47.7 Å². The summed E-state index contributed by atoms with van der Waals surface area (Å²) in [6.07, 6.45) is -1.25. The Balaban J connectivity index is 1.64. The van der Waals surface area contributed by atoms with Crippen molar-refractivity contribution in [1.82, 2.24) is 10.2 Å². The number of rotatable bonds is 7. The summed E-state index contributed by atoms with van der Waals surface area (Å²) in [6.45, 7) is 0.577. The molecule has 8 nitrogen and oxygen atoms in total. The van der Waals surface area contributed by atoms with Gasteiger partial charge in [0, 0.05) is 5.56 Å². The molecule has 0 aromatic heterocycles. The van der Waals surface area contributed by atoms with Gasteiger partial charge in [0.25, 0.3) is 5.91 Å². The van der Waals surface area contributed by atoms with Crippen molar-refractivity contribution in [3.63, 3.8) is 0 Å². The molecule has 164 valence electrons. The minimum Gasteiger partial charge on any atom is -0.491 e. The Labute approximate surface area is 176 Å². The maximum Gasteiger partial charge on any atom is 0.337 e. The maximum absolute atomic E-state index is 14.2. The van der Waals surface area contributed by atoms with Gasteiger partial charge in [-0.15, -0.1) is 0 Å². The summed E-state index contributed by atoms with van der Waals surface area (Å²) in [5, 5.41) is 12.6. The number of nitrogens with zero attached hydrogens (tertiary/aromatic N) is 1. The number of methoxy groups -OCH3 is 1. The first-order valence-corrected chi connectivity index (χ1v) is 9.24. The smallest absolute Gasteiger partial charge is 0.337 e. The lowest BCUT2D eigenvalue weighted by Gasteiger charge is -2.23. The fourth-order valence-corrected chi connectivity index (χ4v) is 3.19. The molecule has 2 N–H and O–H groups in total. The number of amides is 3. The molecular formula is C21H20F2N2O6. The first-order valence-electron chi connectivity index (χ1n) is 9.24. The lowest BCUT2D eigenvalue weighted by Crippen LogP contribution is -2.43. The number of β-amino-alcohol motifs (C(OH)–C–C–N with tert-alkyl or cyclic N) is 1. The van der Waals surface area contributed by atoms with Crippen LogP contribution >= 0.6 is 0 Å². The van der Waals surface area contributed by atoms with E-state index in [2.05, 4.69) is 10.1 Å². The second kappa shape index (κ2) is 8.68. The van der Waals surface area contributed by atoms with Gasteiger partial charge < -0.3 is 19.9 Å². The number of halogens is 2. The average Bonchev–Trinajstić information content (AvgIpc) is 2.97. The van der Waals surface area contributed by atoms with Crippen LogP contribution < -0.4 is 10.1 Å². The van der Waals surface area contributed by atoms with Crippen LogP contribution in [-0.2, 0) is 15.1 Å². The van der Waals surface area contributed by atoms with E-state index in [0.29, 0.717) is 11.3 Å². The van der Waals surface area contributed by atoms with Crippen molar-refractivity contribution in [2.24, 2.45) is 0 Å². The number of ether oxygens (including phenoxy) is 2. The van der Waals surface area contributed by atoms with Gasteiger partial charge in [0.1, 0.15) is 35.6 Å². The quantitative estimate of drug-likeness (QED) is 0.510. The molecule has 1 fully saturated rings. The highest BCUT2D eigenvalue weighted by molar-refractivity contribution is 6.07. The number of aliphatic hydroxyl groups excluding tert-OH is 1. The maximum atomic E-state index is 14.2. The van der Waals surface area contributed by atoms with Gasteiger partial charge in [0.05, 0.1) is 19.2 Å². The van der Waals surface area contributed by atoms with Gasteiger partial charge in [-0.25, -0.2) is 18.4 Å². The van der Waals surface area contributed by atoms with Crippen LogP contribution in [0.15, 0.2) is 42.5 Å². The monoisotopic (exact) mass is 434 g/mol. The first-order chi connectivity index (χ1) is 14.7. The predicted molar refractivity (Wildman–Crippen MR) is 103 cm³/mol. The lowest BCUT2D eigenvalue weighted by molar-refractivity contribution is -0.132. The van der Waals surface area contributed by atoms with Crippen LogP contribution in [0, 0.1) is 11.6 Å². The first kappa shape index (κ1) is 22.2. The molecule has 10 heteroatoms. The summed E-state index contributed by atoms with van der Waals surface area (Å²) in [4.78, 5) is 37.2. The largest absolute Gasteiger partial charge is 0.491 e. The summed E-state index contributed by atoms with van der Waals surface area (Å²) < 4.78 is 37.7. The molecule has 1 aliphatic heterocycles. The number of aliphatic hydroxyl groups is 1. The summed E-state index contributed by atoms with van der Waals surface area (Å²) in [5.41, 5.74) is -1.81. The number of urea groups is 1. The van der Waals surface area contributed by atoms with Crippen LogP contribution in [0.4, 0.5) is 13.6 Å². The molecule has 0 radical (unpaired) electrons. The highest BCUT2D eigenvalue weighted by Crippen LogP contribution is 2.31. The van der Waals surface area contributed by atoms with E-state index in [0.717, 1.165) is 23.1 Å². The van der Waals surface area contributed by atoms with E-state index in [1.807, 2.05) is 0 Å². The van der Waals surface area contributed by atoms with Crippen LogP contribution in [0.5, 0.6) is 5.75 Å². The van der Waals surface area contributed by atoms with E-state index in [9.17, 15) is 28.3 Å². The highest BCUT2D eigenvalue weighted by atomic mass is 19.1. The molecule has 0 saturated carbocycles. The Bertz CT molecular complexity index is 1010. The second-order valence-electron chi connectivity index (χ2n) is 7.08. The lowest BCUT2D eigenvalue weighted by atomic mass is 9.91. The molecule has 1 aliphatic rings. The van der Waals surface area contributed by atoms with Gasteiger partial charge in [-0.3, -0.25) is 9.69 Å².